The molecule has 4 rings (SSSR count). The monoisotopic (exact) mass is 392 g/mol. The van der Waals surface area contributed by atoms with Gasteiger partial charge in [0.1, 0.15) is 12.4 Å². The summed E-state index contributed by atoms with van der Waals surface area (Å²) in [4.78, 5) is 17.0. The number of aromatic nitrogens is 5. The molecule has 1 aromatic carbocycles. The fourth-order valence-electron chi connectivity index (χ4n) is 3.48. The van der Waals surface area contributed by atoms with E-state index in [1.54, 1.807) is 29.2 Å². The van der Waals surface area contributed by atoms with Crippen LogP contribution in [0, 0.1) is 19.7 Å². The maximum Gasteiger partial charge on any atom is 0.246 e. The average molecular weight is 392 g/mol. The number of benzene rings is 1. The molecule has 0 aliphatic heterocycles. The predicted octanol–water partition coefficient (Wildman–Crippen LogP) is 3.71. The Morgan fingerprint density at radius 1 is 1.14 bits per heavy atom. The van der Waals surface area contributed by atoms with Crippen LogP contribution in [-0.4, -0.2) is 30.5 Å². The molecule has 0 bridgehead atoms. The number of anilines is 1. The van der Waals surface area contributed by atoms with Crippen molar-refractivity contribution in [3.8, 4) is 11.1 Å². The van der Waals surface area contributed by atoms with Crippen molar-refractivity contribution in [3.05, 3.63) is 59.9 Å². The van der Waals surface area contributed by atoms with Crippen LogP contribution in [-0.2, 0) is 17.9 Å². The van der Waals surface area contributed by atoms with Gasteiger partial charge in [0.25, 0.3) is 0 Å². The second kappa shape index (κ2) is 7.46. The molecule has 0 fully saturated rings. The van der Waals surface area contributed by atoms with Crippen molar-refractivity contribution in [2.24, 2.45) is 0 Å². The molecule has 7 nitrogen and oxygen atoms in total. The van der Waals surface area contributed by atoms with E-state index in [2.05, 4.69) is 20.5 Å². The zero-order valence-electron chi connectivity index (χ0n) is 16.5. The van der Waals surface area contributed by atoms with Gasteiger partial charge in [-0.05, 0) is 50.1 Å². The van der Waals surface area contributed by atoms with Gasteiger partial charge >= 0.3 is 0 Å². The van der Waals surface area contributed by atoms with Gasteiger partial charge in [0, 0.05) is 18.1 Å². The summed E-state index contributed by atoms with van der Waals surface area (Å²) in [7, 11) is 0. The molecule has 0 spiro atoms. The van der Waals surface area contributed by atoms with Crippen molar-refractivity contribution >= 4 is 22.6 Å². The number of fused-ring (bicyclic) bond motifs is 1. The number of hydrogen-bond donors (Lipinski definition) is 1. The van der Waals surface area contributed by atoms with Crippen molar-refractivity contribution in [3.63, 3.8) is 0 Å². The summed E-state index contributed by atoms with van der Waals surface area (Å²) >= 11 is 0. The van der Waals surface area contributed by atoms with Crippen molar-refractivity contribution in [1.82, 2.24) is 24.5 Å². The molecule has 8 heteroatoms. The summed E-state index contributed by atoms with van der Waals surface area (Å²) < 4.78 is 16.7. The van der Waals surface area contributed by atoms with E-state index in [9.17, 15) is 9.18 Å². The number of nitrogens with one attached hydrogen (secondary N) is 1. The smallest absolute Gasteiger partial charge is 0.246 e. The molecule has 3 heterocycles. The Balaban J connectivity index is 1.65. The van der Waals surface area contributed by atoms with Crippen molar-refractivity contribution in [1.29, 1.82) is 0 Å². The van der Waals surface area contributed by atoms with Crippen molar-refractivity contribution < 1.29 is 9.18 Å². The minimum atomic E-state index is -0.287. The van der Waals surface area contributed by atoms with E-state index in [1.165, 1.54) is 12.1 Å². The van der Waals surface area contributed by atoms with Crippen LogP contribution in [0.5, 0.6) is 0 Å². The first kappa shape index (κ1) is 18.8. The molecule has 1 amide bonds. The van der Waals surface area contributed by atoms with Gasteiger partial charge in [-0.3, -0.25) is 9.48 Å². The lowest BCUT2D eigenvalue weighted by molar-refractivity contribution is -0.116. The van der Waals surface area contributed by atoms with Crippen molar-refractivity contribution in [2.45, 2.75) is 33.9 Å². The van der Waals surface area contributed by atoms with E-state index in [4.69, 9.17) is 0 Å². The number of rotatable bonds is 5. The Hall–Kier alpha value is -3.55. The van der Waals surface area contributed by atoms with Gasteiger partial charge in [0.05, 0.1) is 23.3 Å². The van der Waals surface area contributed by atoms with Gasteiger partial charge in [-0.2, -0.15) is 10.2 Å². The average Bonchev–Trinajstić information content (AvgIpc) is 3.22. The number of hydrogen-bond acceptors (Lipinski definition) is 4. The predicted molar refractivity (Wildman–Crippen MR) is 109 cm³/mol. The van der Waals surface area contributed by atoms with Crippen LogP contribution in [0.3, 0.4) is 0 Å². The molecule has 0 unspecified atom stereocenters. The number of nitrogens with zero attached hydrogens (tertiary/aromatic N) is 5. The maximum atomic E-state index is 13.3. The molecule has 0 aliphatic rings. The van der Waals surface area contributed by atoms with Crippen LogP contribution in [0.1, 0.15) is 18.3 Å². The third kappa shape index (κ3) is 3.49. The number of carbonyl (C=O) groups excluding carboxylic acids is 1. The third-order valence-electron chi connectivity index (χ3n) is 4.93. The molecule has 0 radical (unpaired) electrons. The summed E-state index contributed by atoms with van der Waals surface area (Å²) in [5, 5.41) is 12.5. The molecule has 0 saturated heterocycles. The number of halogens is 1. The van der Waals surface area contributed by atoms with Crippen molar-refractivity contribution in [2.75, 3.05) is 5.32 Å². The Morgan fingerprint density at radius 3 is 2.59 bits per heavy atom. The third-order valence-corrected chi connectivity index (χ3v) is 4.93. The van der Waals surface area contributed by atoms with E-state index in [0.717, 1.165) is 34.4 Å². The van der Waals surface area contributed by atoms with Gasteiger partial charge in [0.15, 0.2) is 5.65 Å². The highest BCUT2D eigenvalue weighted by Crippen LogP contribution is 2.30. The number of pyridine rings is 1. The quantitative estimate of drug-likeness (QED) is 0.562. The fourth-order valence-corrected chi connectivity index (χ4v) is 3.48. The Labute approximate surface area is 167 Å². The number of carbonyl (C=O) groups is 1. The minimum Gasteiger partial charge on any atom is -0.322 e. The summed E-state index contributed by atoms with van der Waals surface area (Å²) in [5.74, 6) is -0.494. The zero-order chi connectivity index (χ0) is 20.5. The number of amides is 1. The van der Waals surface area contributed by atoms with Crippen LogP contribution in [0.25, 0.3) is 22.2 Å². The van der Waals surface area contributed by atoms with E-state index in [1.807, 2.05) is 31.5 Å². The lowest BCUT2D eigenvalue weighted by atomic mass is 10.0. The highest BCUT2D eigenvalue weighted by Gasteiger charge is 2.17. The fraction of sp³-hybridized carbons (Fsp3) is 0.238. The SMILES string of the molecule is CCn1ncc(NC(=O)Cn2nc(C)c3c(-c4ccc(F)cc4)ccnc32)c1C. The van der Waals surface area contributed by atoms with Crippen LogP contribution >= 0.6 is 0 Å². The first-order chi connectivity index (χ1) is 14.0. The molecule has 0 atom stereocenters. The first-order valence-electron chi connectivity index (χ1n) is 9.38. The molecule has 1 N–H and O–H groups in total. The van der Waals surface area contributed by atoms with Gasteiger partial charge in [0.2, 0.25) is 5.91 Å². The highest BCUT2D eigenvalue weighted by atomic mass is 19.1. The molecular weight excluding hydrogens is 371 g/mol. The minimum absolute atomic E-state index is 0.0287. The summed E-state index contributed by atoms with van der Waals surface area (Å²) in [6, 6.07) is 8.17. The Bertz CT molecular complexity index is 1190. The van der Waals surface area contributed by atoms with E-state index >= 15 is 0 Å². The Kier molecular flexibility index (Phi) is 4.84. The normalized spacial score (nSPS) is 11.2. The molecule has 4 aromatic rings. The molecule has 148 valence electrons. The van der Waals surface area contributed by atoms with Crippen LogP contribution in [0.4, 0.5) is 10.1 Å². The second-order valence-corrected chi connectivity index (χ2v) is 6.81. The van der Waals surface area contributed by atoms with Crippen LogP contribution < -0.4 is 5.32 Å². The summed E-state index contributed by atoms with van der Waals surface area (Å²) in [6.45, 7) is 6.55. The first-order valence-corrected chi connectivity index (χ1v) is 9.38. The summed E-state index contributed by atoms with van der Waals surface area (Å²) in [6.07, 6.45) is 3.32. The molecule has 3 aromatic heterocycles. The molecule has 0 saturated carbocycles. The maximum absolute atomic E-state index is 13.3. The van der Waals surface area contributed by atoms with Crippen LogP contribution in [0.15, 0.2) is 42.7 Å². The topological polar surface area (TPSA) is 77.6 Å². The largest absolute Gasteiger partial charge is 0.322 e. The lowest BCUT2D eigenvalue weighted by Crippen LogP contribution is -2.20. The standard InChI is InChI=1S/C21H21FN6O/c1-4-27-14(3)18(11-24-27)25-19(29)12-28-21-20(13(2)26-28)17(9-10-23-21)15-5-7-16(22)8-6-15/h5-11H,4,12H2,1-3H3,(H,25,29). The van der Waals surface area contributed by atoms with Gasteiger partial charge in [-0.1, -0.05) is 12.1 Å². The van der Waals surface area contributed by atoms with Gasteiger partial charge in [-0.15, -0.1) is 0 Å². The molecular formula is C21H21FN6O. The zero-order valence-corrected chi connectivity index (χ0v) is 16.5. The van der Waals surface area contributed by atoms with Gasteiger partial charge in [-0.25, -0.2) is 14.1 Å². The van der Waals surface area contributed by atoms with E-state index < -0.39 is 0 Å². The van der Waals surface area contributed by atoms with Gasteiger partial charge < -0.3 is 5.32 Å². The van der Waals surface area contributed by atoms with E-state index in [0.29, 0.717) is 11.3 Å². The Morgan fingerprint density at radius 2 is 1.90 bits per heavy atom. The van der Waals surface area contributed by atoms with E-state index in [-0.39, 0.29) is 18.3 Å². The number of aryl methyl sites for hydroxylation is 2. The molecule has 29 heavy (non-hydrogen) atoms. The molecule has 0 aliphatic carbocycles. The highest BCUT2D eigenvalue weighted by molar-refractivity contribution is 5.96. The lowest BCUT2D eigenvalue weighted by Gasteiger charge is -2.07. The summed E-state index contributed by atoms with van der Waals surface area (Å²) in [5.41, 5.74) is 4.73. The van der Waals surface area contributed by atoms with Crippen LogP contribution in [0.2, 0.25) is 0 Å². The second-order valence-electron chi connectivity index (χ2n) is 6.81.